The van der Waals surface area contributed by atoms with Gasteiger partial charge in [-0.15, -0.1) is 0 Å². The number of carbonyl (C=O) groups is 1. The summed E-state index contributed by atoms with van der Waals surface area (Å²) in [5.41, 5.74) is 1.04. The molecule has 0 saturated carbocycles. The summed E-state index contributed by atoms with van der Waals surface area (Å²) >= 11 is 12.4. The van der Waals surface area contributed by atoms with Gasteiger partial charge in [-0.2, -0.15) is 0 Å². The molecule has 0 heterocycles. The maximum Gasteiger partial charge on any atom is 0.264 e. The summed E-state index contributed by atoms with van der Waals surface area (Å²) in [6, 6.07) is 21.4. The van der Waals surface area contributed by atoms with Crippen molar-refractivity contribution in [1.82, 2.24) is 5.32 Å². The van der Waals surface area contributed by atoms with E-state index in [2.05, 4.69) is 5.32 Å². The van der Waals surface area contributed by atoms with Crippen LogP contribution >= 0.6 is 23.2 Å². The molecule has 1 amide bonds. The third-order valence-corrected chi connectivity index (χ3v) is 6.80. The van der Waals surface area contributed by atoms with Gasteiger partial charge in [-0.05, 0) is 42.8 Å². The first-order valence-corrected chi connectivity index (χ1v) is 11.4. The molecule has 0 aromatic heterocycles. The van der Waals surface area contributed by atoms with Gasteiger partial charge in [-0.25, -0.2) is 8.42 Å². The molecule has 156 valence electrons. The normalized spacial score (nSPS) is 12.2. The van der Waals surface area contributed by atoms with Gasteiger partial charge in [0.2, 0.25) is 5.91 Å². The molecule has 30 heavy (non-hydrogen) atoms. The number of benzene rings is 3. The Morgan fingerprint density at radius 1 is 0.967 bits per heavy atom. The molecule has 3 rings (SSSR count). The summed E-state index contributed by atoms with van der Waals surface area (Å²) in [6.07, 6.45) is 0. The molecule has 3 aromatic carbocycles. The van der Waals surface area contributed by atoms with Gasteiger partial charge < -0.3 is 5.32 Å². The molecule has 0 unspecified atom stereocenters. The lowest BCUT2D eigenvalue weighted by Crippen LogP contribution is -2.41. The number of anilines is 1. The molecular weight excluding hydrogens is 443 g/mol. The fourth-order valence-corrected chi connectivity index (χ4v) is 4.83. The Bertz CT molecular complexity index is 1120. The smallest absolute Gasteiger partial charge is 0.264 e. The first-order chi connectivity index (χ1) is 14.3. The minimum atomic E-state index is -4.06. The lowest BCUT2D eigenvalue weighted by molar-refractivity contribution is -0.120. The van der Waals surface area contributed by atoms with E-state index < -0.39 is 22.5 Å². The van der Waals surface area contributed by atoms with Crippen LogP contribution in [0.4, 0.5) is 5.69 Å². The SMILES string of the molecule is C[C@H](NC(=O)CN(c1cc(Cl)ccc1Cl)S(=O)(=O)c1ccccc1)c1ccccc1. The molecule has 0 aliphatic heterocycles. The Morgan fingerprint density at radius 2 is 1.57 bits per heavy atom. The number of sulfonamides is 1. The number of nitrogens with one attached hydrogen (secondary N) is 1. The van der Waals surface area contributed by atoms with Crippen molar-refractivity contribution in [3.8, 4) is 0 Å². The summed E-state index contributed by atoms with van der Waals surface area (Å²) in [7, 11) is -4.06. The second kappa shape index (κ2) is 9.51. The van der Waals surface area contributed by atoms with Gasteiger partial charge in [0.05, 0.1) is 21.6 Å². The van der Waals surface area contributed by atoms with Crippen molar-refractivity contribution in [2.24, 2.45) is 0 Å². The first-order valence-electron chi connectivity index (χ1n) is 9.16. The van der Waals surface area contributed by atoms with E-state index in [-0.39, 0.29) is 21.6 Å². The topological polar surface area (TPSA) is 66.5 Å². The molecule has 0 spiro atoms. The molecular formula is C22H20Cl2N2O3S. The molecule has 0 saturated heterocycles. The Morgan fingerprint density at radius 3 is 2.20 bits per heavy atom. The number of rotatable bonds is 7. The zero-order valence-electron chi connectivity index (χ0n) is 16.1. The van der Waals surface area contributed by atoms with Crippen molar-refractivity contribution in [1.29, 1.82) is 0 Å². The number of hydrogen-bond donors (Lipinski definition) is 1. The Labute approximate surface area is 186 Å². The van der Waals surface area contributed by atoms with E-state index in [1.54, 1.807) is 24.3 Å². The number of carbonyl (C=O) groups excluding carboxylic acids is 1. The zero-order valence-corrected chi connectivity index (χ0v) is 18.5. The standard InChI is InChI=1S/C22H20Cl2N2O3S/c1-16(17-8-4-2-5-9-17)25-22(27)15-26(21-14-18(23)12-13-20(21)24)30(28,29)19-10-6-3-7-11-19/h2-14,16H,15H2,1H3,(H,25,27)/t16-/m0/s1. The van der Waals surface area contributed by atoms with E-state index in [4.69, 9.17) is 23.2 Å². The van der Waals surface area contributed by atoms with Gasteiger partial charge in [0.15, 0.2) is 0 Å². The predicted octanol–water partition coefficient (Wildman–Crippen LogP) is 5.07. The highest BCUT2D eigenvalue weighted by Gasteiger charge is 2.29. The van der Waals surface area contributed by atoms with Crippen molar-refractivity contribution in [3.63, 3.8) is 0 Å². The third-order valence-electron chi connectivity index (χ3n) is 4.47. The molecule has 0 radical (unpaired) electrons. The summed E-state index contributed by atoms with van der Waals surface area (Å²) < 4.78 is 27.6. The molecule has 1 N–H and O–H groups in total. The quantitative estimate of drug-likeness (QED) is 0.532. The van der Waals surface area contributed by atoms with Crippen molar-refractivity contribution < 1.29 is 13.2 Å². The van der Waals surface area contributed by atoms with E-state index in [1.165, 1.54) is 24.3 Å². The number of amides is 1. The number of halogens is 2. The second-order valence-corrected chi connectivity index (χ2v) is 9.33. The van der Waals surface area contributed by atoms with Crippen LogP contribution in [-0.2, 0) is 14.8 Å². The van der Waals surface area contributed by atoms with Crippen LogP contribution in [0.15, 0.2) is 83.8 Å². The highest BCUT2D eigenvalue weighted by Crippen LogP contribution is 2.33. The summed E-state index contributed by atoms with van der Waals surface area (Å²) in [6.45, 7) is 1.38. The summed E-state index contributed by atoms with van der Waals surface area (Å²) in [5.74, 6) is -0.470. The van der Waals surface area contributed by atoms with Gasteiger partial charge in [0.25, 0.3) is 10.0 Å². The fourth-order valence-electron chi connectivity index (χ4n) is 2.94. The number of nitrogens with zero attached hydrogens (tertiary/aromatic N) is 1. The van der Waals surface area contributed by atoms with Crippen LogP contribution in [0.2, 0.25) is 10.0 Å². The van der Waals surface area contributed by atoms with Gasteiger partial charge in [-0.1, -0.05) is 71.7 Å². The van der Waals surface area contributed by atoms with Crippen molar-refractivity contribution >= 4 is 44.8 Å². The van der Waals surface area contributed by atoms with Gasteiger partial charge in [0, 0.05) is 5.02 Å². The average Bonchev–Trinajstić information content (AvgIpc) is 2.75. The maximum absolute atomic E-state index is 13.3. The van der Waals surface area contributed by atoms with E-state index in [9.17, 15) is 13.2 Å². The summed E-state index contributed by atoms with van der Waals surface area (Å²) in [4.78, 5) is 12.8. The minimum absolute atomic E-state index is 0.0463. The third kappa shape index (κ3) is 5.14. The molecule has 0 aliphatic carbocycles. The maximum atomic E-state index is 13.3. The van der Waals surface area contributed by atoms with Crippen molar-refractivity contribution in [3.05, 3.63) is 94.5 Å². The van der Waals surface area contributed by atoms with Crippen molar-refractivity contribution in [2.45, 2.75) is 17.9 Å². The van der Waals surface area contributed by atoms with Crippen LogP contribution < -0.4 is 9.62 Å². The minimum Gasteiger partial charge on any atom is -0.348 e. The number of hydrogen-bond acceptors (Lipinski definition) is 3. The fraction of sp³-hybridized carbons (Fsp3) is 0.136. The van der Waals surface area contributed by atoms with Crippen LogP contribution in [0.1, 0.15) is 18.5 Å². The molecule has 3 aromatic rings. The molecule has 5 nitrogen and oxygen atoms in total. The molecule has 8 heteroatoms. The van der Waals surface area contributed by atoms with E-state index in [0.717, 1.165) is 9.87 Å². The van der Waals surface area contributed by atoms with Gasteiger partial charge in [0.1, 0.15) is 6.54 Å². The average molecular weight is 463 g/mol. The van der Waals surface area contributed by atoms with Crippen molar-refractivity contribution in [2.75, 3.05) is 10.8 Å². The highest BCUT2D eigenvalue weighted by atomic mass is 35.5. The Balaban J connectivity index is 1.94. The van der Waals surface area contributed by atoms with E-state index >= 15 is 0 Å². The van der Waals surface area contributed by atoms with Crippen LogP contribution in [0.3, 0.4) is 0 Å². The van der Waals surface area contributed by atoms with Crippen LogP contribution in [-0.4, -0.2) is 20.9 Å². The van der Waals surface area contributed by atoms with E-state index in [0.29, 0.717) is 5.02 Å². The van der Waals surface area contributed by atoms with Gasteiger partial charge >= 0.3 is 0 Å². The predicted molar refractivity (Wildman–Crippen MR) is 120 cm³/mol. The molecule has 0 fully saturated rings. The lowest BCUT2D eigenvalue weighted by atomic mass is 10.1. The molecule has 1 atom stereocenters. The van der Waals surface area contributed by atoms with Crippen LogP contribution in [0.25, 0.3) is 0 Å². The highest BCUT2D eigenvalue weighted by molar-refractivity contribution is 7.92. The molecule has 0 aliphatic rings. The first kappa shape index (κ1) is 22.2. The van der Waals surface area contributed by atoms with Crippen LogP contribution in [0, 0.1) is 0 Å². The Kier molecular flexibility index (Phi) is 7.02. The largest absolute Gasteiger partial charge is 0.348 e. The van der Waals surface area contributed by atoms with Gasteiger partial charge in [-0.3, -0.25) is 9.10 Å². The zero-order chi connectivity index (χ0) is 21.7. The Hall–Kier alpha value is -2.54. The second-order valence-electron chi connectivity index (χ2n) is 6.62. The lowest BCUT2D eigenvalue weighted by Gasteiger charge is -2.26. The van der Waals surface area contributed by atoms with E-state index in [1.807, 2.05) is 37.3 Å². The summed E-state index contributed by atoms with van der Waals surface area (Å²) in [5, 5.41) is 3.31. The monoisotopic (exact) mass is 462 g/mol. The molecule has 0 bridgehead atoms. The van der Waals surface area contributed by atoms with Crippen LogP contribution in [0.5, 0.6) is 0 Å².